The molecule has 0 fully saturated rings. The van der Waals surface area contributed by atoms with Crippen LogP contribution in [0.1, 0.15) is 5.56 Å². The standard InChI is InChI=1S/C46H28N4O/c47-29-37-16-7-8-21-38(37)33-18-10-20-35(27-33)45-48-44(31-14-5-2-6-15-31)49-46(50-45)36-24-25-40-42(28-36)51-41-23-11-22-39(43(40)41)34-19-9-17-32(26-34)30-12-3-1-4-13-30/h1-28H. The van der Waals surface area contributed by atoms with Gasteiger partial charge in [-0.15, -0.1) is 0 Å². The van der Waals surface area contributed by atoms with Crippen molar-refractivity contribution in [1.82, 2.24) is 15.0 Å². The first-order valence-electron chi connectivity index (χ1n) is 16.7. The average Bonchev–Trinajstić information content (AvgIpc) is 3.60. The van der Waals surface area contributed by atoms with E-state index in [0.29, 0.717) is 23.0 Å². The van der Waals surface area contributed by atoms with Crippen LogP contribution in [0.3, 0.4) is 0 Å². The highest BCUT2D eigenvalue weighted by Gasteiger charge is 2.17. The molecule has 0 aliphatic heterocycles. The lowest BCUT2D eigenvalue weighted by Crippen LogP contribution is -2.00. The molecule has 0 amide bonds. The Morgan fingerprint density at radius 2 is 0.922 bits per heavy atom. The van der Waals surface area contributed by atoms with E-state index in [9.17, 15) is 5.26 Å². The molecule has 0 radical (unpaired) electrons. The highest BCUT2D eigenvalue weighted by molar-refractivity contribution is 6.13. The lowest BCUT2D eigenvalue weighted by Gasteiger charge is -2.10. The summed E-state index contributed by atoms with van der Waals surface area (Å²) < 4.78 is 6.51. The second-order valence-electron chi connectivity index (χ2n) is 12.3. The highest BCUT2D eigenvalue weighted by Crippen LogP contribution is 2.39. The van der Waals surface area contributed by atoms with Crippen molar-refractivity contribution in [3.05, 3.63) is 175 Å². The Morgan fingerprint density at radius 3 is 1.67 bits per heavy atom. The zero-order valence-electron chi connectivity index (χ0n) is 27.4. The van der Waals surface area contributed by atoms with Gasteiger partial charge in [0, 0.05) is 27.5 Å². The van der Waals surface area contributed by atoms with Crippen LogP contribution in [0.15, 0.2) is 174 Å². The fourth-order valence-electron chi connectivity index (χ4n) is 6.71. The molecule has 0 N–H and O–H groups in total. The van der Waals surface area contributed by atoms with Gasteiger partial charge in [0.25, 0.3) is 0 Å². The molecular weight excluding hydrogens is 625 g/mol. The molecule has 0 unspecified atom stereocenters. The Kier molecular flexibility index (Phi) is 7.46. The van der Waals surface area contributed by atoms with Crippen LogP contribution in [-0.2, 0) is 0 Å². The van der Waals surface area contributed by atoms with E-state index in [0.717, 1.165) is 60.9 Å². The van der Waals surface area contributed by atoms with Crippen molar-refractivity contribution < 1.29 is 4.42 Å². The number of benzene rings is 7. The van der Waals surface area contributed by atoms with Crippen LogP contribution in [0.4, 0.5) is 0 Å². The van der Waals surface area contributed by atoms with Crippen LogP contribution in [-0.4, -0.2) is 15.0 Å². The molecule has 0 aliphatic carbocycles. The highest BCUT2D eigenvalue weighted by atomic mass is 16.3. The number of aromatic nitrogens is 3. The fourth-order valence-corrected chi connectivity index (χ4v) is 6.71. The number of hydrogen-bond donors (Lipinski definition) is 0. The van der Waals surface area contributed by atoms with Gasteiger partial charge in [-0.25, -0.2) is 15.0 Å². The molecule has 0 aliphatic rings. The van der Waals surface area contributed by atoms with Crippen molar-refractivity contribution in [2.75, 3.05) is 0 Å². The molecule has 51 heavy (non-hydrogen) atoms. The molecule has 0 saturated heterocycles. The van der Waals surface area contributed by atoms with Crippen molar-refractivity contribution >= 4 is 21.9 Å². The summed E-state index contributed by atoms with van der Waals surface area (Å²) in [6, 6.07) is 59.3. The van der Waals surface area contributed by atoms with Crippen molar-refractivity contribution in [2.45, 2.75) is 0 Å². The van der Waals surface area contributed by atoms with E-state index in [1.54, 1.807) is 0 Å². The summed E-state index contributed by atoms with van der Waals surface area (Å²) >= 11 is 0. The van der Waals surface area contributed by atoms with E-state index in [-0.39, 0.29) is 0 Å². The number of fused-ring (bicyclic) bond motifs is 3. The van der Waals surface area contributed by atoms with Crippen molar-refractivity contribution in [3.8, 4) is 73.6 Å². The van der Waals surface area contributed by atoms with E-state index in [4.69, 9.17) is 19.4 Å². The summed E-state index contributed by atoms with van der Waals surface area (Å²) in [5.74, 6) is 1.66. The van der Waals surface area contributed by atoms with E-state index in [1.165, 1.54) is 11.1 Å². The molecule has 0 atom stereocenters. The van der Waals surface area contributed by atoms with Gasteiger partial charge in [0.2, 0.25) is 0 Å². The van der Waals surface area contributed by atoms with Crippen LogP contribution in [0.25, 0.3) is 89.5 Å². The van der Waals surface area contributed by atoms with E-state index < -0.39 is 0 Å². The Bertz CT molecular complexity index is 2760. The first kappa shape index (κ1) is 29.9. The lowest BCUT2D eigenvalue weighted by molar-refractivity contribution is 0.669. The zero-order chi connectivity index (χ0) is 34.1. The monoisotopic (exact) mass is 652 g/mol. The summed E-state index contributed by atoms with van der Waals surface area (Å²) in [6.45, 7) is 0. The third-order valence-corrected chi connectivity index (χ3v) is 9.18. The molecular formula is C46H28N4O. The molecule has 5 heteroatoms. The predicted molar refractivity (Wildman–Crippen MR) is 204 cm³/mol. The maximum absolute atomic E-state index is 9.75. The summed E-state index contributed by atoms with van der Waals surface area (Å²) in [7, 11) is 0. The van der Waals surface area contributed by atoms with Gasteiger partial charge in [-0.2, -0.15) is 5.26 Å². The van der Waals surface area contributed by atoms with Crippen molar-refractivity contribution in [3.63, 3.8) is 0 Å². The molecule has 2 heterocycles. The lowest BCUT2D eigenvalue weighted by atomic mass is 9.96. The van der Waals surface area contributed by atoms with Crippen LogP contribution in [0.5, 0.6) is 0 Å². The molecule has 9 aromatic rings. The summed E-state index contributed by atoms with van der Waals surface area (Å²) in [4.78, 5) is 14.9. The van der Waals surface area contributed by atoms with Gasteiger partial charge in [0.05, 0.1) is 11.6 Å². The minimum atomic E-state index is 0.542. The summed E-state index contributed by atoms with van der Waals surface area (Å²) in [5, 5.41) is 11.8. The Hall–Kier alpha value is -7.16. The number of rotatable bonds is 6. The maximum atomic E-state index is 9.75. The van der Waals surface area contributed by atoms with Crippen molar-refractivity contribution in [2.24, 2.45) is 0 Å². The van der Waals surface area contributed by atoms with Crippen LogP contribution in [0, 0.1) is 11.3 Å². The SMILES string of the molecule is N#Cc1ccccc1-c1cccc(-c2nc(-c3ccccc3)nc(-c3ccc4c(c3)oc3cccc(-c5cccc(-c6ccccc6)c5)c34)n2)c1. The van der Waals surface area contributed by atoms with Gasteiger partial charge >= 0.3 is 0 Å². The largest absolute Gasteiger partial charge is 0.456 e. The molecule has 9 rings (SSSR count). The molecule has 0 spiro atoms. The minimum Gasteiger partial charge on any atom is -0.456 e. The Labute approximate surface area is 294 Å². The first-order valence-corrected chi connectivity index (χ1v) is 16.7. The molecule has 0 saturated carbocycles. The van der Waals surface area contributed by atoms with Gasteiger partial charge in [0.1, 0.15) is 11.2 Å². The zero-order valence-corrected chi connectivity index (χ0v) is 27.4. The van der Waals surface area contributed by atoms with E-state index >= 15 is 0 Å². The molecule has 5 nitrogen and oxygen atoms in total. The number of hydrogen-bond acceptors (Lipinski definition) is 5. The molecule has 2 aromatic heterocycles. The smallest absolute Gasteiger partial charge is 0.164 e. The quantitative estimate of drug-likeness (QED) is 0.179. The fraction of sp³-hybridized carbons (Fsp3) is 0. The van der Waals surface area contributed by atoms with Crippen LogP contribution >= 0.6 is 0 Å². The molecule has 0 bridgehead atoms. The Morgan fingerprint density at radius 1 is 0.392 bits per heavy atom. The van der Waals surface area contributed by atoms with Gasteiger partial charge in [-0.05, 0) is 69.8 Å². The van der Waals surface area contributed by atoms with Gasteiger partial charge in [-0.1, -0.05) is 133 Å². The average molecular weight is 653 g/mol. The normalized spacial score (nSPS) is 11.1. The van der Waals surface area contributed by atoms with E-state index in [2.05, 4.69) is 72.8 Å². The number of nitriles is 1. The van der Waals surface area contributed by atoms with E-state index in [1.807, 2.05) is 103 Å². The third kappa shape index (κ3) is 5.61. The topological polar surface area (TPSA) is 75.6 Å². The second-order valence-corrected chi connectivity index (χ2v) is 12.3. The van der Waals surface area contributed by atoms with Gasteiger partial charge in [-0.3, -0.25) is 0 Å². The van der Waals surface area contributed by atoms with Crippen LogP contribution in [0.2, 0.25) is 0 Å². The summed E-state index contributed by atoms with van der Waals surface area (Å²) in [5.41, 5.74) is 11.1. The first-order chi connectivity index (χ1) is 25.2. The molecule has 7 aromatic carbocycles. The number of furan rings is 1. The van der Waals surface area contributed by atoms with Gasteiger partial charge < -0.3 is 4.42 Å². The maximum Gasteiger partial charge on any atom is 0.164 e. The molecule has 238 valence electrons. The summed E-state index contributed by atoms with van der Waals surface area (Å²) in [6.07, 6.45) is 0. The third-order valence-electron chi connectivity index (χ3n) is 9.18. The number of nitrogens with zero attached hydrogens (tertiary/aromatic N) is 4. The Balaban J connectivity index is 1.17. The minimum absolute atomic E-state index is 0.542. The predicted octanol–water partition coefficient (Wildman–Crippen LogP) is 11.6. The second kappa shape index (κ2) is 12.7. The van der Waals surface area contributed by atoms with Gasteiger partial charge in [0.15, 0.2) is 17.5 Å². The van der Waals surface area contributed by atoms with Crippen LogP contribution < -0.4 is 0 Å². The van der Waals surface area contributed by atoms with Crippen molar-refractivity contribution in [1.29, 1.82) is 5.26 Å².